The van der Waals surface area contributed by atoms with Crippen molar-refractivity contribution in [2.24, 2.45) is 0 Å². The minimum atomic E-state index is 0.574. The molecular formula is C11H9Cl2N. The number of allylic oxidation sites excluding steroid dienone is 1. The summed E-state index contributed by atoms with van der Waals surface area (Å²) in [7, 11) is 0. The maximum absolute atomic E-state index is 8.62. The molecule has 72 valence electrons. The SMILES string of the molecule is N#Cc1ccc(C=CCCCl)c(Cl)c1. The molecule has 0 aliphatic carbocycles. The third-order valence-corrected chi connectivity index (χ3v) is 2.25. The lowest BCUT2D eigenvalue weighted by molar-refractivity contribution is 1.24. The van der Waals surface area contributed by atoms with Crippen LogP contribution in [-0.2, 0) is 0 Å². The van der Waals surface area contributed by atoms with Gasteiger partial charge in [-0.25, -0.2) is 0 Å². The van der Waals surface area contributed by atoms with Crippen LogP contribution in [0.25, 0.3) is 6.08 Å². The van der Waals surface area contributed by atoms with Crippen molar-refractivity contribution in [3.63, 3.8) is 0 Å². The van der Waals surface area contributed by atoms with Gasteiger partial charge in [0.25, 0.3) is 0 Å². The molecule has 0 saturated heterocycles. The molecule has 1 aromatic carbocycles. The topological polar surface area (TPSA) is 23.8 Å². The highest BCUT2D eigenvalue weighted by Gasteiger charge is 1.97. The van der Waals surface area contributed by atoms with Crippen molar-refractivity contribution in [1.82, 2.24) is 0 Å². The predicted molar refractivity (Wildman–Crippen MR) is 60.5 cm³/mol. The summed E-state index contributed by atoms with van der Waals surface area (Å²) < 4.78 is 0. The van der Waals surface area contributed by atoms with Crippen LogP contribution < -0.4 is 0 Å². The van der Waals surface area contributed by atoms with Crippen molar-refractivity contribution in [1.29, 1.82) is 5.26 Å². The van der Waals surface area contributed by atoms with E-state index < -0.39 is 0 Å². The van der Waals surface area contributed by atoms with E-state index in [0.717, 1.165) is 12.0 Å². The molecular weight excluding hydrogens is 217 g/mol. The first kappa shape index (κ1) is 11.1. The molecule has 0 aliphatic heterocycles. The molecule has 0 saturated carbocycles. The largest absolute Gasteiger partial charge is 0.192 e. The zero-order valence-electron chi connectivity index (χ0n) is 7.50. The third kappa shape index (κ3) is 3.06. The first-order chi connectivity index (χ1) is 6.77. The molecule has 0 aliphatic rings. The average molecular weight is 226 g/mol. The Morgan fingerprint density at radius 1 is 1.43 bits per heavy atom. The molecule has 3 heteroatoms. The monoisotopic (exact) mass is 225 g/mol. The Hall–Kier alpha value is -0.970. The zero-order chi connectivity index (χ0) is 10.4. The number of nitriles is 1. The molecule has 0 N–H and O–H groups in total. The van der Waals surface area contributed by atoms with E-state index >= 15 is 0 Å². The predicted octanol–water partition coefficient (Wildman–Crippen LogP) is 3.85. The Morgan fingerprint density at radius 2 is 2.21 bits per heavy atom. The average Bonchev–Trinajstić information content (AvgIpc) is 2.20. The van der Waals surface area contributed by atoms with Crippen LogP contribution in [0.3, 0.4) is 0 Å². The number of hydrogen-bond donors (Lipinski definition) is 0. The fourth-order valence-electron chi connectivity index (χ4n) is 1.01. The number of halogens is 2. The molecule has 0 atom stereocenters. The van der Waals surface area contributed by atoms with Gasteiger partial charge in [0.05, 0.1) is 11.6 Å². The molecule has 1 nitrogen and oxygen atoms in total. The maximum atomic E-state index is 8.62. The number of alkyl halides is 1. The van der Waals surface area contributed by atoms with Gasteiger partial charge in [-0.1, -0.05) is 29.8 Å². The molecule has 0 radical (unpaired) electrons. The molecule has 0 amide bonds. The second-order valence-electron chi connectivity index (χ2n) is 2.73. The van der Waals surface area contributed by atoms with Gasteiger partial charge in [0.2, 0.25) is 0 Å². The van der Waals surface area contributed by atoms with Gasteiger partial charge in [0.15, 0.2) is 0 Å². The van der Waals surface area contributed by atoms with E-state index in [4.69, 9.17) is 28.5 Å². The second-order valence-corrected chi connectivity index (χ2v) is 3.51. The molecule has 0 aromatic heterocycles. The third-order valence-electron chi connectivity index (χ3n) is 1.70. The molecule has 0 fully saturated rings. The summed E-state index contributed by atoms with van der Waals surface area (Å²) in [6.45, 7) is 0. The van der Waals surface area contributed by atoms with Crippen LogP contribution in [0, 0.1) is 11.3 Å². The fraction of sp³-hybridized carbons (Fsp3) is 0.182. The van der Waals surface area contributed by atoms with Crippen molar-refractivity contribution in [2.45, 2.75) is 6.42 Å². The van der Waals surface area contributed by atoms with E-state index in [1.54, 1.807) is 12.1 Å². The molecule has 14 heavy (non-hydrogen) atoms. The number of hydrogen-bond acceptors (Lipinski definition) is 1. The number of nitrogens with zero attached hydrogens (tertiary/aromatic N) is 1. The van der Waals surface area contributed by atoms with Crippen LogP contribution in [0.1, 0.15) is 17.5 Å². The van der Waals surface area contributed by atoms with E-state index in [9.17, 15) is 0 Å². The summed E-state index contributed by atoms with van der Waals surface area (Å²) in [5.74, 6) is 0.602. The van der Waals surface area contributed by atoms with E-state index in [1.165, 1.54) is 0 Å². The van der Waals surface area contributed by atoms with Crippen LogP contribution in [-0.4, -0.2) is 5.88 Å². The van der Waals surface area contributed by atoms with Crippen LogP contribution in [0.15, 0.2) is 24.3 Å². The van der Waals surface area contributed by atoms with Crippen molar-refractivity contribution in [3.05, 3.63) is 40.4 Å². The molecule has 0 heterocycles. The highest BCUT2D eigenvalue weighted by Crippen LogP contribution is 2.19. The fourth-order valence-corrected chi connectivity index (χ4v) is 1.37. The molecule has 1 aromatic rings. The van der Waals surface area contributed by atoms with Gasteiger partial charge in [-0.3, -0.25) is 0 Å². The summed E-state index contributed by atoms with van der Waals surface area (Å²) in [6, 6.07) is 7.25. The Morgan fingerprint density at radius 3 is 2.79 bits per heavy atom. The van der Waals surface area contributed by atoms with Gasteiger partial charge in [-0.15, -0.1) is 11.6 Å². The quantitative estimate of drug-likeness (QED) is 0.718. The highest BCUT2D eigenvalue weighted by molar-refractivity contribution is 6.32. The van der Waals surface area contributed by atoms with Crippen LogP contribution in [0.4, 0.5) is 0 Å². The summed E-state index contributed by atoms with van der Waals surface area (Å²) in [5.41, 5.74) is 1.49. The van der Waals surface area contributed by atoms with Gasteiger partial charge < -0.3 is 0 Å². The van der Waals surface area contributed by atoms with Gasteiger partial charge in [0, 0.05) is 10.9 Å². The molecule has 0 spiro atoms. The van der Waals surface area contributed by atoms with Crippen LogP contribution in [0.2, 0.25) is 5.02 Å². The maximum Gasteiger partial charge on any atom is 0.0992 e. The van der Waals surface area contributed by atoms with Gasteiger partial charge >= 0.3 is 0 Å². The lowest BCUT2D eigenvalue weighted by Crippen LogP contribution is -1.78. The first-order valence-electron chi connectivity index (χ1n) is 4.20. The normalized spacial score (nSPS) is 10.4. The first-order valence-corrected chi connectivity index (χ1v) is 5.11. The van der Waals surface area contributed by atoms with Gasteiger partial charge in [-0.2, -0.15) is 5.26 Å². The molecule has 0 bridgehead atoms. The number of benzene rings is 1. The number of rotatable bonds is 3. The summed E-state index contributed by atoms with van der Waals surface area (Å²) >= 11 is 11.5. The zero-order valence-corrected chi connectivity index (χ0v) is 9.02. The summed E-state index contributed by atoms with van der Waals surface area (Å²) in [5, 5.41) is 9.22. The Labute approximate surface area is 93.6 Å². The minimum absolute atomic E-state index is 0.574. The van der Waals surface area contributed by atoms with Gasteiger partial charge in [0.1, 0.15) is 0 Å². The van der Waals surface area contributed by atoms with Crippen molar-refractivity contribution in [3.8, 4) is 6.07 Å². The van der Waals surface area contributed by atoms with E-state index in [-0.39, 0.29) is 0 Å². The van der Waals surface area contributed by atoms with E-state index in [2.05, 4.69) is 0 Å². The molecule has 0 unspecified atom stereocenters. The summed E-state index contributed by atoms with van der Waals surface area (Å²) in [4.78, 5) is 0. The minimum Gasteiger partial charge on any atom is -0.192 e. The second kappa shape index (κ2) is 5.70. The van der Waals surface area contributed by atoms with Crippen LogP contribution in [0.5, 0.6) is 0 Å². The Kier molecular flexibility index (Phi) is 4.52. The lowest BCUT2D eigenvalue weighted by Gasteiger charge is -1.97. The highest BCUT2D eigenvalue weighted by atomic mass is 35.5. The standard InChI is InChI=1S/C11H9Cl2N/c12-6-2-1-3-10-5-4-9(8-14)7-11(10)13/h1,3-5,7H,2,6H2. The van der Waals surface area contributed by atoms with E-state index in [0.29, 0.717) is 16.5 Å². The van der Waals surface area contributed by atoms with Gasteiger partial charge in [-0.05, 0) is 24.1 Å². The summed E-state index contributed by atoms with van der Waals surface area (Å²) in [6.07, 6.45) is 4.68. The van der Waals surface area contributed by atoms with Crippen molar-refractivity contribution >= 4 is 29.3 Å². The lowest BCUT2D eigenvalue weighted by atomic mass is 10.1. The Bertz CT molecular complexity index is 377. The smallest absolute Gasteiger partial charge is 0.0992 e. The van der Waals surface area contributed by atoms with Crippen LogP contribution >= 0.6 is 23.2 Å². The van der Waals surface area contributed by atoms with E-state index in [1.807, 2.05) is 24.3 Å². The molecule has 1 rings (SSSR count). The van der Waals surface area contributed by atoms with Crippen molar-refractivity contribution in [2.75, 3.05) is 5.88 Å². The Balaban J connectivity index is 2.85. The van der Waals surface area contributed by atoms with Crippen molar-refractivity contribution < 1.29 is 0 Å².